The van der Waals surface area contributed by atoms with Crippen LogP contribution in [0.25, 0.3) is 0 Å². The first-order valence-corrected chi connectivity index (χ1v) is 22.2. The van der Waals surface area contributed by atoms with Crippen LogP contribution in [-0.2, 0) is 42.8 Å². The SMILES string of the molecule is C=C1CC[C@@H](O[C@H]2C[C@@](O)([C@H](C)NC(=O)c3[nH]c(C)c(Cl)c3Cl)[C@H](O)[C@@H](C)O2)[C@@H]2C=C[C@H](C)[C@H](C(O)=C3C(=O)[C@H](C(C)C)N([C@@H]4O[C@@H](C)[C@@H](OC(N)=O)[C@@H](OC(C)=O)[C@H]4OC)C3=O)[C@@H]12. The number of hydrogen-bond donors (Lipinski definition) is 6. The van der Waals surface area contributed by atoms with E-state index in [4.69, 9.17) is 57.4 Å². The number of aliphatic hydroxyl groups is 3. The number of fused-ring (bicyclic) bond motifs is 1. The molecule has 18 nitrogen and oxygen atoms in total. The zero-order valence-corrected chi connectivity index (χ0v) is 38.8. The molecule has 3 amide bonds. The molecule has 1 aromatic rings. The normalized spacial score (nSPS) is 37.9. The fourth-order valence-electron chi connectivity index (χ4n) is 10.3. The molecule has 0 spiro atoms. The van der Waals surface area contributed by atoms with Gasteiger partial charge >= 0.3 is 12.1 Å². The van der Waals surface area contributed by atoms with Crippen LogP contribution >= 0.6 is 23.2 Å². The van der Waals surface area contributed by atoms with Gasteiger partial charge in [-0.2, -0.15) is 0 Å². The average Bonchev–Trinajstić information content (AvgIpc) is 3.63. The second-order valence-corrected chi connectivity index (χ2v) is 18.8. The summed E-state index contributed by atoms with van der Waals surface area (Å²) in [5.74, 6) is -5.95. The number of aryl methyl sites for hydroxylation is 1. The Balaban J connectivity index is 1.27. The molecule has 64 heavy (non-hydrogen) atoms. The number of primary amides is 1. The van der Waals surface area contributed by atoms with Crippen molar-refractivity contribution < 1.29 is 67.7 Å². The number of ketones is 1. The van der Waals surface area contributed by atoms with Crippen molar-refractivity contribution in [3.63, 3.8) is 0 Å². The number of nitrogens with zero attached hydrogens (tertiary/aromatic N) is 1. The van der Waals surface area contributed by atoms with Gasteiger partial charge in [-0.25, -0.2) is 4.79 Å². The van der Waals surface area contributed by atoms with Crippen molar-refractivity contribution in [1.29, 1.82) is 0 Å². The van der Waals surface area contributed by atoms with Crippen molar-refractivity contribution in [2.45, 2.75) is 148 Å². The molecule has 354 valence electrons. The smallest absolute Gasteiger partial charge is 0.405 e. The Morgan fingerprint density at radius 3 is 2.30 bits per heavy atom. The Morgan fingerprint density at radius 2 is 1.72 bits per heavy atom. The molecule has 5 aliphatic rings. The first-order valence-electron chi connectivity index (χ1n) is 21.5. The van der Waals surface area contributed by atoms with Gasteiger partial charge in [-0.3, -0.25) is 24.1 Å². The van der Waals surface area contributed by atoms with Crippen molar-refractivity contribution in [2.24, 2.45) is 35.3 Å². The molecule has 20 heteroatoms. The van der Waals surface area contributed by atoms with Gasteiger partial charge in [-0.1, -0.05) is 68.3 Å². The third-order valence-electron chi connectivity index (χ3n) is 13.5. The lowest BCUT2D eigenvalue weighted by Crippen LogP contribution is -2.66. The topological polar surface area (TPSA) is 258 Å². The molecule has 16 atom stereocenters. The number of aliphatic hydroxyl groups excluding tert-OH is 2. The number of aromatic amines is 1. The summed E-state index contributed by atoms with van der Waals surface area (Å²) in [5.41, 5.74) is 4.24. The molecule has 1 aromatic heterocycles. The van der Waals surface area contributed by atoms with Crippen molar-refractivity contribution in [1.82, 2.24) is 15.2 Å². The van der Waals surface area contributed by atoms with E-state index in [0.717, 1.165) is 12.5 Å². The summed E-state index contributed by atoms with van der Waals surface area (Å²) in [6.07, 6.45) is -6.73. The Kier molecular flexibility index (Phi) is 14.7. The Morgan fingerprint density at radius 1 is 1.05 bits per heavy atom. The summed E-state index contributed by atoms with van der Waals surface area (Å²) in [4.78, 5) is 70.8. The summed E-state index contributed by atoms with van der Waals surface area (Å²) in [5, 5.41) is 38.6. The maximum absolute atomic E-state index is 14.8. The zero-order valence-electron chi connectivity index (χ0n) is 37.3. The van der Waals surface area contributed by atoms with Crippen LogP contribution < -0.4 is 11.1 Å². The van der Waals surface area contributed by atoms with Crippen molar-refractivity contribution >= 4 is 52.9 Å². The van der Waals surface area contributed by atoms with Crippen molar-refractivity contribution in [3.05, 3.63) is 57.1 Å². The van der Waals surface area contributed by atoms with E-state index in [0.29, 0.717) is 18.5 Å². The molecular formula is C44H60Cl2N4O14. The van der Waals surface area contributed by atoms with E-state index in [1.807, 2.05) is 19.1 Å². The molecule has 7 N–H and O–H groups in total. The van der Waals surface area contributed by atoms with E-state index < -0.39 is 144 Å². The molecule has 0 unspecified atom stereocenters. The number of esters is 1. The number of ether oxygens (including phenoxy) is 6. The van der Waals surface area contributed by atoms with Crippen LogP contribution in [0.2, 0.25) is 10.0 Å². The van der Waals surface area contributed by atoms with Gasteiger partial charge in [0.05, 0.1) is 34.4 Å². The number of halogens is 2. The highest BCUT2D eigenvalue weighted by Gasteiger charge is 2.59. The highest BCUT2D eigenvalue weighted by atomic mass is 35.5. The second kappa shape index (κ2) is 19.1. The lowest BCUT2D eigenvalue weighted by molar-refractivity contribution is -0.296. The van der Waals surface area contributed by atoms with Crippen LogP contribution in [0.3, 0.4) is 0 Å². The van der Waals surface area contributed by atoms with Crippen LogP contribution in [-0.4, -0.2) is 135 Å². The zero-order chi connectivity index (χ0) is 47.4. The number of amides is 3. The number of H-pyrrole nitrogens is 1. The number of allylic oxidation sites excluding steroid dienone is 3. The quantitative estimate of drug-likeness (QED) is 0.0599. The monoisotopic (exact) mass is 938 g/mol. The van der Waals surface area contributed by atoms with E-state index in [1.165, 1.54) is 18.9 Å². The largest absolute Gasteiger partial charge is 0.511 e. The summed E-state index contributed by atoms with van der Waals surface area (Å²) in [7, 11) is 1.29. The van der Waals surface area contributed by atoms with Crippen LogP contribution in [0.15, 0.2) is 35.6 Å². The molecule has 2 aliphatic carbocycles. The van der Waals surface area contributed by atoms with Crippen LogP contribution in [0.5, 0.6) is 0 Å². The Labute approximate surface area is 381 Å². The first kappa shape index (κ1) is 49.4. The average molecular weight is 940 g/mol. The number of likely N-dealkylation sites (tertiary alicyclic amines) is 1. The number of nitrogens with one attached hydrogen (secondary N) is 2. The summed E-state index contributed by atoms with van der Waals surface area (Å²) < 4.78 is 35.6. The van der Waals surface area contributed by atoms with Gasteiger partial charge < -0.3 is 59.8 Å². The van der Waals surface area contributed by atoms with Crippen LogP contribution in [0.4, 0.5) is 4.79 Å². The number of aromatic nitrogens is 1. The van der Waals surface area contributed by atoms with Gasteiger partial charge in [0.2, 0.25) is 0 Å². The Bertz CT molecular complexity index is 2090. The van der Waals surface area contributed by atoms with E-state index in [1.54, 1.807) is 34.6 Å². The number of nitrogens with two attached hydrogens (primary N) is 1. The van der Waals surface area contributed by atoms with Gasteiger partial charge in [0, 0.05) is 38.0 Å². The highest BCUT2D eigenvalue weighted by molar-refractivity contribution is 6.44. The van der Waals surface area contributed by atoms with Crippen molar-refractivity contribution in [2.75, 3.05) is 7.11 Å². The second-order valence-electron chi connectivity index (χ2n) is 18.0. The molecule has 3 aliphatic heterocycles. The van der Waals surface area contributed by atoms with Gasteiger partial charge in [-0.05, 0) is 58.3 Å². The molecule has 1 saturated carbocycles. The lowest BCUT2D eigenvalue weighted by atomic mass is 9.61. The standard InChI is InChI=1S/C44H60Cl2N4O14/c1-16(2)33-35(53)29(41(56)50(33)42-38(59-10)37(62-23(9)51)36(20(6)61-42)64-43(47)57)34(52)28-18(4)11-13-24-25(14-12-17(3)27(24)28)63-26-15-44(58,39(54)21(7)60-26)22(8)49-40(55)32-31(46)30(45)19(5)48-32/h11,13,16,18,20-22,24-28,33,36-39,42,48,52,54,58H,3,12,14-15H2,1-2,4-10H3,(H2,47,57)(H,49,55)/t18-,20-,21+,22-,24-,25+,26-,27-,28-,33-,36+,37+,38+,39+,42+,44+/m0/s1. The molecule has 4 fully saturated rings. The number of methoxy groups -OCH3 is 1. The number of carbonyl (C=O) groups is 5. The fraction of sp³-hybridized carbons (Fsp3) is 0.659. The molecule has 6 rings (SSSR count). The summed E-state index contributed by atoms with van der Waals surface area (Å²) in [6, 6.07) is -2.17. The lowest BCUT2D eigenvalue weighted by Gasteiger charge is -2.50. The van der Waals surface area contributed by atoms with E-state index in [-0.39, 0.29) is 22.2 Å². The molecule has 0 aromatic carbocycles. The molecule has 0 radical (unpaired) electrons. The van der Waals surface area contributed by atoms with Crippen LogP contribution in [0.1, 0.15) is 83.9 Å². The molecular weight excluding hydrogens is 879 g/mol. The van der Waals surface area contributed by atoms with E-state index >= 15 is 0 Å². The predicted molar refractivity (Wildman–Crippen MR) is 230 cm³/mol. The number of Topliss-reactive ketones (excluding diaryl/α,β-unsaturated/α-hetero) is 1. The minimum Gasteiger partial charge on any atom is -0.511 e. The number of hydrogen-bond acceptors (Lipinski definition) is 14. The summed E-state index contributed by atoms with van der Waals surface area (Å²) >= 11 is 12.5. The minimum atomic E-state index is -1.92. The minimum absolute atomic E-state index is 0.00400. The highest BCUT2D eigenvalue weighted by Crippen LogP contribution is 2.51. The summed E-state index contributed by atoms with van der Waals surface area (Å²) in [6.45, 7) is 17.2. The van der Waals surface area contributed by atoms with Gasteiger partial charge in [0.1, 0.15) is 40.9 Å². The third kappa shape index (κ3) is 8.96. The number of rotatable bonds is 11. The van der Waals surface area contributed by atoms with Crippen molar-refractivity contribution in [3.8, 4) is 0 Å². The molecule has 0 bridgehead atoms. The molecule has 4 heterocycles. The van der Waals surface area contributed by atoms with E-state index in [9.17, 15) is 39.3 Å². The fourth-order valence-corrected chi connectivity index (χ4v) is 10.7. The van der Waals surface area contributed by atoms with Crippen LogP contribution in [0, 0.1) is 36.5 Å². The third-order valence-corrected chi connectivity index (χ3v) is 14.4. The van der Waals surface area contributed by atoms with E-state index in [2.05, 4.69) is 16.9 Å². The van der Waals surface area contributed by atoms with Gasteiger partial charge in [-0.15, -0.1) is 0 Å². The van der Waals surface area contributed by atoms with Gasteiger partial charge in [0.25, 0.3) is 11.8 Å². The predicted octanol–water partition coefficient (Wildman–Crippen LogP) is 4.17. The maximum atomic E-state index is 14.8. The first-order chi connectivity index (χ1) is 29.9. The molecule has 3 saturated heterocycles. The number of carbonyl (C=O) groups excluding carboxylic acids is 5. The van der Waals surface area contributed by atoms with Gasteiger partial charge in [0.15, 0.2) is 30.5 Å². The maximum Gasteiger partial charge on any atom is 0.405 e. The Hall–Kier alpha value is -4.01.